The van der Waals surface area contributed by atoms with Crippen LogP contribution in [-0.4, -0.2) is 38.8 Å². The maximum absolute atomic E-state index is 2.43. The highest BCUT2D eigenvalue weighted by atomic mass is 15.2. The molecule has 0 atom stereocenters. The standard InChI is InChI=1S/C36H60B.C4H12N/c1-3-5-7-9-11-13-15-17-19-27-33-37(35-29-23-21-24-30-35,36-31-25-22-26-32-36)34-28-20-18-16-14-12-10-8-6-4-2;1-5(2,3)4/h21-26,29-32H,3-20,27-28,33-34H2,1-2H3;1-4H3/q-1;+1. The summed E-state index contributed by atoms with van der Waals surface area (Å²) in [6, 6.07) is 23.2. The van der Waals surface area contributed by atoms with Crippen molar-refractivity contribution in [1.29, 1.82) is 0 Å². The van der Waals surface area contributed by atoms with Gasteiger partial charge >= 0.3 is 0 Å². The molecular formula is C40H72BN. The van der Waals surface area contributed by atoms with Crippen LogP contribution in [0.3, 0.4) is 0 Å². The van der Waals surface area contributed by atoms with E-state index < -0.39 is 6.15 Å². The Morgan fingerprint density at radius 1 is 0.381 bits per heavy atom. The monoisotopic (exact) mass is 578 g/mol. The van der Waals surface area contributed by atoms with Gasteiger partial charge in [-0.1, -0.05) is 203 Å². The molecule has 0 amide bonds. The Labute approximate surface area is 264 Å². The SMILES string of the molecule is CCCCCCCCCCCC[B-](CCCCCCCCCCCC)(c1ccccc1)c1ccccc1.C[N+](C)(C)C. The zero-order chi connectivity index (χ0) is 30.8. The van der Waals surface area contributed by atoms with Gasteiger partial charge in [0.25, 0.3) is 0 Å². The van der Waals surface area contributed by atoms with Crippen molar-refractivity contribution in [2.75, 3.05) is 28.2 Å². The summed E-state index contributed by atoms with van der Waals surface area (Å²) in [5.74, 6) is 0. The second-order valence-electron chi connectivity index (χ2n) is 14.7. The molecule has 0 unspecified atom stereocenters. The van der Waals surface area contributed by atoms with Crippen LogP contribution in [0, 0.1) is 0 Å². The van der Waals surface area contributed by atoms with Gasteiger partial charge in [0.15, 0.2) is 0 Å². The van der Waals surface area contributed by atoms with Gasteiger partial charge in [-0.05, 0) is 0 Å². The molecule has 2 heteroatoms. The molecule has 1 nitrogen and oxygen atoms in total. The average Bonchev–Trinajstić information content (AvgIpc) is 2.98. The summed E-state index contributed by atoms with van der Waals surface area (Å²) in [6.07, 6.45) is 30.3. The second kappa shape index (κ2) is 24.9. The first-order valence-electron chi connectivity index (χ1n) is 18.4. The van der Waals surface area contributed by atoms with Crippen LogP contribution in [0.15, 0.2) is 60.7 Å². The number of benzene rings is 2. The first kappa shape index (κ1) is 38.5. The highest BCUT2D eigenvalue weighted by Crippen LogP contribution is 2.25. The van der Waals surface area contributed by atoms with Crippen LogP contribution < -0.4 is 10.9 Å². The molecule has 0 aliphatic heterocycles. The first-order valence-corrected chi connectivity index (χ1v) is 18.4. The number of hydrogen-bond donors (Lipinski definition) is 0. The zero-order valence-corrected chi connectivity index (χ0v) is 29.4. The Kier molecular flexibility index (Phi) is 22.8. The van der Waals surface area contributed by atoms with Crippen LogP contribution in [-0.2, 0) is 0 Å². The molecule has 0 bridgehead atoms. The fraction of sp³-hybridized carbons (Fsp3) is 0.700. The lowest BCUT2D eigenvalue weighted by molar-refractivity contribution is -0.849. The van der Waals surface area contributed by atoms with Gasteiger partial charge in [0, 0.05) is 0 Å². The van der Waals surface area contributed by atoms with Gasteiger partial charge in [0.2, 0.25) is 0 Å². The van der Waals surface area contributed by atoms with Crippen molar-refractivity contribution in [3.8, 4) is 0 Å². The molecular weight excluding hydrogens is 505 g/mol. The molecule has 0 radical (unpaired) electrons. The third kappa shape index (κ3) is 19.6. The van der Waals surface area contributed by atoms with E-state index in [2.05, 4.69) is 103 Å². The quantitative estimate of drug-likeness (QED) is 0.0661. The van der Waals surface area contributed by atoms with E-state index in [1.807, 2.05) is 0 Å². The van der Waals surface area contributed by atoms with Crippen molar-refractivity contribution >= 4 is 17.1 Å². The number of hydrogen-bond acceptors (Lipinski definition) is 0. The van der Waals surface area contributed by atoms with Crippen molar-refractivity contribution in [3.63, 3.8) is 0 Å². The Morgan fingerprint density at radius 3 is 0.881 bits per heavy atom. The van der Waals surface area contributed by atoms with Crippen LogP contribution >= 0.6 is 0 Å². The van der Waals surface area contributed by atoms with Crippen LogP contribution in [0.2, 0.25) is 12.6 Å². The molecule has 0 saturated heterocycles. The average molecular weight is 578 g/mol. The van der Waals surface area contributed by atoms with Crippen molar-refractivity contribution in [2.24, 2.45) is 0 Å². The zero-order valence-electron chi connectivity index (χ0n) is 29.4. The highest BCUT2D eigenvalue weighted by Gasteiger charge is 2.27. The summed E-state index contributed by atoms with van der Waals surface area (Å²) in [5, 5.41) is 0. The molecule has 0 N–H and O–H groups in total. The smallest absolute Gasteiger partial charge is 0.0675 e. The lowest BCUT2D eigenvalue weighted by atomic mass is 9.15. The highest BCUT2D eigenvalue weighted by molar-refractivity contribution is 7.02. The summed E-state index contributed by atoms with van der Waals surface area (Å²) in [7, 11) is 8.50. The summed E-state index contributed by atoms with van der Waals surface area (Å²) in [6.45, 7) is 4.62. The molecule has 0 saturated carbocycles. The molecule has 2 aromatic rings. The van der Waals surface area contributed by atoms with E-state index in [1.54, 1.807) is 10.9 Å². The third-order valence-corrected chi connectivity index (χ3v) is 8.98. The molecule has 240 valence electrons. The van der Waals surface area contributed by atoms with Gasteiger partial charge in [0.1, 0.15) is 0 Å². The number of rotatable bonds is 24. The predicted octanol–water partition coefficient (Wildman–Crippen LogP) is 11.4. The summed E-state index contributed by atoms with van der Waals surface area (Å²) in [5.41, 5.74) is 3.20. The molecule has 2 aromatic carbocycles. The predicted molar refractivity (Wildman–Crippen MR) is 195 cm³/mol. The minimum atomic E-state index is -0.685. The first-order chi connectivity index (χ1) is 20.3. The van der Waals surface area contributed by atoms with E-state index in [9.17, 15) is 0 Å². The number of nitrogens with zero attached hydrogens (tertiary/aromatic N) is 1. The second-order valence-corrected chi connectivity index (χ2v) is 14.7. The molecule has 0 aliphatic rings. The number of quaternary nitrogens is 1. The van der Waals surface area contributed by atoms with Crippen LogP contribution in [0.5, 0.6) is 0 Å². The van der Waals surface area contributed by atoms with E-state index in [-0.39, 0.29) is 0 Å². The van der Waals surface area contributed by atoms with Crippen molar-refractivity contribution in [3.05, 3.63) is 60.7 Å². The molecule has 0 aliphatic carbocycles. The van der Waals surface area contributed by atoms with Gasteiger partial charge in [-0.2, -0.15) is 12.6 Å². The minimum absolute atomic E-state index is 0.685. The van der Waals surface area contributed by atoms with Gasteiger partial charge in [-0.3, -0.25) is 0 Å². The topological polar surface area (TPSA) is 0 Å². The van der Waals surface area contributed by atoms with Crippen LogP contribution in [0.25, 0.3) is 0 Å². The minimum Gasteiger partial charge on any atom is -0.333 e. The Hall–Kier alpha value is -1.54. The molecule has 0 aromatic heterocycles. The molecule has 2 rings (SSSR count). The summed E-state index contributed by atoms with van der Waals surface area (Å²) < 4.78 is 1.00. The van der Waals surface area contributed by atoms with Crippen LogP contribution in [0.4, 0.5) is 0 Å². The Bertz CT molecular complexity index is 754. The summed E-state index contributed by atoms with van der Waals surface area (Å²) in [4.78, 5) is 0. The summed E-state index contributed by atoms with van der Waals surface area (Å²) >= 11 is 0. The lowest BCUT2D eigenvalue weighted by Crippen LogP contribution is -2.58. The van der Waals surface area contributed by atoms with Crippen molar-refractivity contribution < 1.29 is 4.48 Å². The van der Waals surface area contributed by atoms with E-state index in [0.29, 0.717) is 0 Å². The van der Waals surface area contributed by atoms with E-state index in [4.69, 9.17) is 0 Å². The van der Waals surface area contributed by atoms with E-state index >= 15 is 0 Å². The molecule has 42 heavy (non-hydrogen) atoms. The van der Waals surface area contributed by atoms with Gasteiger partial charge in [-0.25, -0.2) is 10.9 Å². The van der Waals surface area contributed by atoms with Crippen LogP contribution in [0.1, 0.15) is 142 Å². The van der Waals surface area contributed by atoms with E-state index in [1.165, 1.54) is 141 Å². The lowest BCUT2D eigenvalue weighted by Gasteiger charge is -2.42. The van der Waals surface area contributed by atoms with Crippen molar-refractivity contribution in [1.82, 2.24) is 0 Å². The van der Waals surface area contributed by atoms with Gasteiger partial charge in [-0.15, -0.1) is 0 Å². The Morgan fingerprint density at radius 2 is 0.619 bits per heavy atom. The van der Waals surface area contributed by atoms with Gasteiger partial charge in [0.05, 0.1) is 34.3 Å². The normalized spacial score (nSPS) is 11.8. The Balaban J connectivity index is 0.00000162. The molecule has 0 fully saturated rings. The molecule has 0 heterocycles. The third-order valence-electron chi connectivity index (χ3n) is 8.98. The number of unbranched alkanes of at least 4 members (excludes halogenated alkanes) is 18. The fourth-order valence-electron chi connectivity index (χ4n) is 6.61. The molecule has 0 spiro atoms. The van der Waals surface area contributed by atoms with Gasteiger partial charge < -0.3 is 4.48 Å². The maximum atomic E-state index is 2.43. The maximum Gasteiger partial charge on any atom is 0.0675 e. The largest absolute Gasteiger partial charge is 0.333 e. The van der Waals surface area contributed by atoms with E-state index in [0.717, 1.165) is 4.48 Å². The van der Waals surface area contributed by atoms with Crippen molar-refractivity contribution in [2.45, 2.75) is 155 Å². The fourth-order valence-corrected chi connectivity index (χ4v) is 6.61.